The number of hydrogen-bond acceptors (Lipinski definition) is 6. The van der Waals surface area contributed by atoms with E-state index in [0.29, 0.717) is 17.3 Å². The van der Waals surface area contributed by atoms with E-state index in [1.165, 1.54) is 29.8 Å². The molecule has 0 unspecified atom stereocenters. The first-order valence-corrected chi connectivity index (χ1v) is 10.9. The molecule has 1 N–H and O–H groups in total. The van der Waals surface area contributed by atoms with Crippen LogP contribution >= 0.6 is 11.6 Å². The van der Waals surface area contributed by atoms with Crippen LogP contribution < -0.4 is 5.32 Å². The minimum Gasteiger partial charge on any atom is -0.407 e. The molecule has 1 aromatic heterocycles. The maximum atomic E-state index is 12.3. The molecule has 0 atom stereocenters. The zero-order valence-electron chi connectivity index (χ0n) is 16.0. The average molecular weight is 434 g/mol. The number of sulfone groups is 1. The normalized spacial score (nSPS) is 11.4. The third kappa shape index (κ3) is 5.65. The lowest BCUT2D eigenvalue weighted by molar-refractivity contribution is -0.116. The van der Waals surface area contributed by atoms with Crippen LogP contribution in [-0.2, 0) is 21.1 Å². The van der Waals surface area contributed by atoms with Crippen LogP contribution in [0, 0.1) is 13.8 Å². The van der Waals surface area contributed by atoms with Gasteiger partial charge in [0.15, 0.2) is 9.84 Å². The molecule has 0 saturated carbocycles. The second-order valence-corrected chi connectivity index (χ2v) is 9.22. The van der Waals surface area contributed by atoms with Gasteiger partial charge in [-0.05, 0) is 49.2 Å². The molecule has 9 heteroatoms. The summed E-state index contributed by atoms with van der Waals surface area (Å²) in [6.45, 7) is 4.02. The van der Waals surface area contributed by atoms with Crippen molar-refractivity contribution in [1.82, 2.24) is 10.2 Å². The number of nitrogens with zero attached hydrogens (tertiary/aromatic N) is 2. The first-order valence-electron chi connectivity index (χ1n) is 8.89. The van der Waals surface area contributed by atoms with E-state index in [2.05, 4.69) is 21.6 Å². The lowest BCUT2D eigenvalue weighted by Gasteiger charge is -2.05. The van der Waals surface area contributed by atoms with Crippen molar-refractivity contribution >= 4 is 33.4 Å². The summed E-state index contributed by atoms with van der Waals surface area (Å²) in [5.41, 5.74) is 3.32. The van der Waals surface area contributed by atoms with E-state index in [1.807, 2.05) is 26.0 Å². The van der Waals surface area contributed by atoms with Gasteiger partial charge in [0.2, 0.25) is 11.8 Å². The maximum absolute atomic E-state index is 12.3. The topological polar surface area (TPSA) is 102 Å². The maximum Gasteiger partial charge on any atom is 0.322 e. The largest absolute Gasteiger partial charge is 0.407 e. The standard InChI is InChI=1S/C20H20ClN3O4S/c1-13-3-4-15(14(2)11-13)12-19-23-24-20(28-19)22-18(25)9-10-29(26,27)17-7-5-16(21)6-8-17/h3-8,11H,9-10,12H2,1-2H3,(H,22,24,25). The predicted octanol–water partition coefficient (Wildman–Crippen LogP) is 3.73. The van der Waals surface area contributed by atoms with Crippen LogP contribution in [0.3, 0.4) is 0 Å². The molecular formula is C20H20ClN3O4S. The van der Waals surface area contributed by atoms with Crippen molar-refractivity contribution in [1.29, 1.82) is 0 Å². The molecule has 2 aromatic carbocycles. The van der Waals surface area contributed by atoms with Crippen molar-refractivity contribution in [2.75, 3.05) is 11.1 Å². The number of carbonyl (C=O) groups excluding carboxylic acids is 1. The third-order valence-corrected chi connectivity index (χ3v) is 6.31. The number of hydrogen-bond donors (Lipinski definition) is 1. The summed E-state index contributed by atoms with van der Waals surface area (Å²) < 4.78 is 30.0. The number of rotatable bonds is 7. The molecule has 0 fully saturated rings. The highest BCUT2D eigenvalue weighted by Gasteiger charge is 2.18. The van der Waals surface area contributed by atoms with Gasteiger partial charge < -0.3 is 4.42 Å². The van der Waals surface area contributed by atoms with Crippen molar-refractivity contribution in [3.05, 3.63) is 70.1 Å². The molecule has 152 valence electrons. The van der Waals surface area contributed by atoms with E-state index in [1.54, 1.807) is 0 Å². The highest BCUT2D eigenvalue weighted by atomic mass is 35.5. The fourth-order valence-corrected chi connectivity index (χ4v) is 4.12. The summed E-state index contributed by atoms with van der Waals surface area (Å²) in [5.74, 6) is -0.505. The van der Waals surface area contributed by atoms with Gasteiger partial charge in [0.05, 0.1) is 17.1 Å². The van der Waals surface area contributed by atoms with Gasteiger partial charge >= 0.3 is 6.01 Å². The molecule has 0 aliphatic carbocycles. The van der Waals surface area contributed by atoms with Crippen molar-refractivity contribution in [2.45, 2.75) is 31.6 Å². The third-order valence-electron chi connectivity index (χ3n) is 4.32. The highest BCUT2D eigenvalue weighted by molar-refractivity contribution is 7.91. The van der Waals surface area contributed by atoms with Crippen LogP contribution in [0.4, 0.5) is 6.01 Å². The van der Waals surface area contributed by atoms with Crippen LogP contribution in [0.25, 0.3) is 0 Å². The van der Waals surface area contributed by atoms with Gasteiger partial charge in [0.1, 0.15) is 0 Å². The van der Waals surface area contributed by atoms with E-state index < -0.39 is 15.7 Å². The molecule has 0 aliphatic rings. The smallest absolute Gasteiger partial charge is 0.322 e. The lowest BCUT2D eigenvalue weighted by Crippen LogP contribution is -2.17. The number of aromatic nitrogens is 2. The summed E-state index contributed by atoms with van der Waals surface area (Å²) >= 11 is 5.77. The summed E-state index contributed by atoms with van der Waals surface area (Å²) in [6.07, 6.45) is 0.208. The van der Waals surface area contributed by atoms with Crippen LogP contribution in [0.5, 0.6) is 0 Å². The Hall–Kier alpha value is -2.71. The minimum absolute atomic E-state index is 0.0568. The molecule has 0 aliphatic heterocycles. The zero-order valence-corrected chi connectivity index (χ0v) is 17.5. The van der Waals surface area contributed by atoms with Crippen molar-refractivity contribution in [3.63, 3.8) is 0 Å². The van der Waals surface area contributed by atoms with Crippen LogP contribution in [0.2, 0.25) is 5.02 Å². The number of anilines is 1. The van der Waals surface area contributed by atoms with Crippen LogP contribution in [0.15, 0.2) is 51.8 Å². The van der Waals surface area contributed by atoms with E-state index in [9.17, 15) is 13.2 Å². The second kappa shape index (κ2) is 8.75. The van der Waals surface area contributed by atoms with E-state index in [4.69, 9.17) is 16.0 Å². The number of carbonyl (C=O) groups is 1. The van der Waals surface area contributed by atoms with E-state index in [0.717, 1.165) is 11.1 Å². The number of benzene rings is 2. The monoisotopic (exact) mass is 433 g/mol. The molecule has 1 amide bonds. The van der Waals surface area contributed by atoms with Gasteiger partial charge in [-0.2, -0.15) is 0 Å². The minimum atomic E-state index is -3.59. The van der Waals surface area contributed by atoms with E-state index >= 15 is 0 Å². The lowest BCUT2D eigenvalue weighted by atomic mass is 10.0. The number of nitrogens with one attached hydrogen (secondary N) is 1. The molecule has 0 radical (unpaired) electrons. The molecular weight excluding hydrogens is 414 g/mol. The summed E-state index contributed by atoms with van der Waals surface area (Å²) in [5, 5.41) is 10.6. The molecule has 29 heavy (non-hydrogen) atoms. The van der Waals surface area contributed by atoms with Crippen molar-refractivity contribution in [3.8, 4) is 0 Å². The second-order valence-electron chi connectivity index (χ2n) is 6.68. The Balaban J connectivity index is 1.56. The predicted molar refractivity (Wildman–Crippen MR) is 110 cm³/mol. The SMILES string of the molecule is Cc1ccc(Cc2nnc(NC(=O)CCS(=O)(=O)c3ccc(Cl)cc3)o2)c(C)c1. The van der Waals surface area contributed by atoms with Crippen molar-refractivity contribution in [2.24, 2.45) is 0 Å². The summed E-state index contributed by atoms with van der Waals surface area (Å²) in [7, 11) is -3.59. The quantitative estimate of drug-likeness (QED) is 0.609. The number of amides is 1. The number of aryl methyl sites for hydroxylation is 2. The molecule has 3 rings (SSSR count). The molecule has 3 aromatic rings. The first kappa shape index (κ1) is 21.0. The number of halogens is 1. The van der Waals surface area contributed by atoms with Gasteiger partial charge in [0.25, 0.3) is 0 Å². The molecule has 0 bridgehead atoms. The average Bonchev–Trinajstić information content (AvgIpc) is 3.10. The Morgan fingerprint density at radius 1 is 1.10 bits per heavy atom. The van der Waals surface area contributed by atoms with Crippen LogP contribution in [-0.4, -0.2) is 30.3 Å². The Kier molecular flexibility index (Phi) is 6.34. The Bertz CT molecular complexity index is 1120. The molecule has 1 heterocycles. The Morgan fingerprint density at radius 3 is 2.52 bits per heavy atom. The van der Waals surface area contributed by atoms with E-state index in [-0.39, 0.29) is 23.1 Å². The molecule has 7 nitrogen and oxygen atoms in total. The Labute approximate surface area is 174 Å². The summed E-state index contributed by atoms with van der Waals surface area (Å²) in [6, 6.07) is 11.8. The fraction of sp³-hybridized carbons (Fsp3) is 0.250. The highest BCUT2D eigenvalue weighted by Crippen LogP contribution is 2.18. The van der Waals surface area contributed by atoms with Gasteiger partial charge in [-0.1, -0.05) is 40.5 Å². The van der Waals surface area contributed by atoms with Gasteiger partial charge in [-0.15, -0.1) is 5.10 Å². The van der Waals surface area contributed by atoms with Gasteiger partial charge in [-0.25, -0.2) is 8.42 Å². The summed E-state index contributed by atoms with van der Waals surface area (Å²) in [4.78, 5) is 12.2. The van der Waals surface area contributed by atoms with Gasteiger partial charge in [0, 0.05) is 11.4 Å². The van der Waals surface area contributed by atoms with Crippen molar-refractivity contribution < 1.29 is 17.6 Å². The zero-order chi connectivity index (χ0) is 21.0. The molecule has 0 spiro atoms. The van der Waals surface area contributed by atoms with Gasteiger partial charge in [-0.3, -0.25) is 10.1 Å². The van der Waals surface area contributed by atoms with Crippen LogP contribution in [0.1, 0.15) is 29.0 Å². The fourth-order valence-electron chi connectivity index (χ4n) is 2.75. The molecule has 0 saturated heterocycles. The first-order chi connectivity index (χ1) is 13.7. The Morgan fingerprint density at radius 2 is 1.83 bits per heavy atom.